The number of hydrogen-bond acceptors (Lipinski definition) is 7. The first-order chi connectivity index (χ1) is 21.9. The molecule has 0 atom stereocenters. The first-order valence-corrected chi connectivity index (χ1v) is 16.6. The molecule has 0 amide bonds. The van der Waals surface area contributed by atoms with E-state index in [1.54, 1.807) is 18.3 Å². The molecule has 5 rings (SSSR count). The van der Waals surface area contributed by atoms with Crippen molar-refractivity contribution in [3.05, 3.63) is 105 Å². The minimum Gasteiger partial charge on any atom is -0.492 e. The quantitative estimate of drug-likeness (QED) is 0.0949. The van der Waals surface area contributed by atoms with Gasteiger partial charge in [-0.2, -0.15) is 5.26 Å². The SMILES string of the molecule is Cc1c(COc2cc(OCc3cncc(C#N)c3)c(CNC3(CO)CC3)cc2Cl)cccc1-c1cccc(OCCCBr)c1Cl. The number of rotatable bonds is 15. The summed E-state index contributed by atoms with van der Waals surface area (Å²) in [5.74, 6) is 1.73. The zero-order valence-corrected chi connectivity index (χ0v) is 28.0. The van der Waals surface area contributed by atoms with Crippen LogP contribution in [0.2, 0.25) is 10.0 Å². The van der Waals surface area contributed by atoms with E-state index >= 15 is 0 Å². The summed E-state index contributed by atoms with van der Waals surface area (Å²) < 4.78 is 18.4. The number of nitrogens with zero attached hydrogens (tertiary/aromatic N) is 2. The van der Waals surface area contributed by atoms with Gasteiger partial charge in [-0.25, -0.2) is 0 Å². The summed E-state index contributed by atoms with van der Waals surface area (Å²) in [6, 6.07) is 19.3. The molecule has 0 radical (unpaired) electrons. The first kappa shape index (κ1) is 33.1. The van der Waals surface area contributed by atoms with Gasteiger partial charge in [0.2, 0.25) is 0 Å². The van der Waals surface area contributed by atoms with Crippen LogP contribution < -0.4 is 19.5 Å². The molecule has 2 N–H and O–H groups in total. The smallest absolute Gasteiger partial charge is 0.142 e. The van der Waals surface area contributed by atoms with E-state index in [4.69, 9.17) is 37.4 Å². The normalized spacial score (nSPS) is 13.2. The topological polar surface area (TPSA) is 96.6 Å². The van der Waals surface area contributed by atoms with Crippen molar-refractivity contribution in [1.82, 2.24) is 10.3 Å². The number of hydrogen-bond donors (Lipinski definition) is 2. The molecule has 0 unspecified atom stereocenters. The molecule has 7 nitrogen and oxygen atoms in total. The van der Waals surface area contributed by atoms with E-state index in [0.29, 0.717) is 46.0 Å². The summed E-state index contributed by atoms with van der Waals surface area (Å²) >= 11 is 17.0. The van der Waals surface area contributed by atoms with Crippen LogP contribution in [0.4, 0.5) is 0 Å². The van der Waals surface area contributed by atoms with Gasteiger partial charge in [-0.05, 0) is 61.1 Å². The molecule has 0 bridgehead atoms. The number of aromatic nitrogens is 1. The molecule has 0 spiro atoms. The highest BCUT2D eigenvalue weighted by Gasteiger charge is 2.41. The highest BCUT2D eigenvalue weighted by atomic mass is 79.9. The molecule has 4 aromatic rings. The van der Waals surface area contributed by atoms with Gasteiger partial charge >= 0.3 is 0 Å². The van der Waals surface area contributed by atoms with Gasteiger partial charge in [0.15, 0.2) is 0 Å². The third kappa shape index (κ3) is 8.29. The molecule has 1 aromatic heterocycles. The fraction of sp³-hybridized carbons (Fsp3) is 0.314. The van der Waals surface area contributed by atoms with Gasteiger partial charge in [-0.15, -0.1) is 0 Å². The van der Waals surface area contributed by atoms with Gasteiger partial charge in [0.25, 0.3) is 0 Å². The molecular formula is C35H34BrCl2N3O4. The van der Waals surface area contributed by atoms with Gasteiger partial charge in [0.1, 0.15) is 36.5 Å². The van der Waals surface area contributed by atoms with E-state index in [1.807, 2.05) is 49.4 Å². The van der Waals surface area contributed by atoms with Crippen molar-refractivity contribution in [3.8, 4) is 34.4 Å². The Labute approximate surface area is 282 Å². The molecule has 0 aliphatic heterocycles. The lowest BCUT2D eigenvalue weighted by Gasteiger charge is -2.19. The van der Waals surface area contributed by atoms with E-state index in [1.165, 1.54) is 6.20 Å². The summed E-state index contributed by atoms with van der Waals surface area (Å²) in [5, 5.41) is 24.4. The van der Waals surface area contributed by atoms with E-state index in [-0.39, 0.29) is 25.4 Å². The van der Waals surface area contributed by atoms with E-state index in [0.717, 1.165) is 58.0 Å². The van der Waals surface area contributed by atoms with Crippen LogP contribution in [-0.2, 0) is 19.8 Å². The zero-order chi connectivity index (χ0) is 31.8. The average Bonchev–Trinajstić information content (AvgIpc) is 3.85. The summed E-state index contributed by atoms with van der Waals surface area (Å²) in [4.78, 5) is 4.13. The Bertz CT molecular complexity index is 1690. The number of nitrogens with one attached hydrogen (secondary N) is 1. The van der Waals surface area contributed by atoms with Gasteiger partial charge < -0.3 is 24.6 Å². The number of benzene rings is 3. The highest BCUT2D eigenvalue weighted by Crippen LogP contribution is 2.40. The molecule has 1 aliphatic carbocycles. The summed E-state index contributed by atoms with van der Waals surface area (Å²) in [5.41, 5.74) is 5.72. The fourth-order valence-electron chi connectivity index (χ4n) is 4.93. The molecule has 3 aromatic carbocycles. The second-order valence-corrected chi connectivity index (χ2v) is 12.6. The van der Waals surface area contributed by atoms with Crippen molar-refractivity contribution in [3.63, 3.8) is 0 Å². The number of halogens is 3. The van der Waals surface area contributed by atoms with Gasteiger partial charge in [-0.3, -0.25) is 4.98 Å². The highest BCUT2D eigenvalue weighted by molar-refractivity contribution is 9.09. The van der Waals surface area contributed by atoms with Crippen molar-refractivity contribution in [1.29, 1.82) is 5.26 Å². The van der Waals surface area contributed by atoms with Crippen molar-refractivity contribution >= 4 is 39.1 Å². The fourth-order valence-corrected chi connectivity index (χ4v) is 5.68. The van der Waals surface area contributed by atoms with Crippen molar-refractivity contribution in [2.24, 2.45) is 0 Å². The van der Waals surface area contributed by atoms with Crippen LogP contribution in [0.3, 0.4) is 0 Å². The molecule has 1 aliphatic rings. The predicted molar refractivity (Wildman–Crippen MR) is 180 cm³/mol. The monoisotopic (exact) mass is 709 g/mol. The maximum Gasteiger partial charge on any atom is 0.142 e. The predicted octanol–water partition coefficient (Wildman–Crippen LogP) is 8.17. The van der Waals surface area contributed by atoms with Crippen LogP contribution in [-0.4, -0.2) is 34.2 Å². The maximum absolute atomic E-state index is 9.78. The number of ether oxygens (including phenoxy) is 3. The van der Waals surface area contributed by atoms with Crippen LogP contribution in [0.15, 0.2) is 67.0 Å². The Morgan fingerprint density at radius 1 is 0.956 bits per heavy atom. The molecule has 234 valence electrons. The number of aliphatic hydroxyl groups excluding tert-OH is 1. The number of alkyl halides is 1. The second kappa shape index (κ2) is 15.3. The van der Waals surface area contributed by atoms with Crippen LogP contribution >= 0.6 is 39.1 Å². The van der Waals surface area contributed by atoms with Gasteiger partial charge in [-0.1, -0.05) is 69.5 Å². The lowest BCUT2D eigenvalue weighted by atomic mass is 9.96. The van der Waals surface area contributed by atoms with Gasteiger partial charge in [0, 0.05) is 52.6 Å². The lowest BCUT2D eigenvalue weighted by molar-refractivity contribution is 0.228. The minimum atomic E-state index is -0.255. The standard InChI is InChI=1S/C35H34BrCl2N3O4/c1-23-26(5-2-6-28(23)29-7-3-8-31(34(29)38)43-12-4-11-36)21-45-33-15-32(44-20-25-13-24(16-39)17-40-18-25)27(14-30(33)37)19-41-35(22-42)9-10-35/h2-3,5-8,13-15,17-18,41-42H,4,9-12,19-22H2,1H3. The van der Waals surface area contributed by atoms with Crippen LogP contribution in [0.25, 0.3) is 11.1 Å². The molecule has 1 fully saturated rings. The summed E-state index contributed by atoms with van der Waals surface area (Å²) in [6.45, 7) is 3.65. The molecule has 0 saturated heterocycles. The minimum absolute atomic E-state index is 0.0722. The third-order valence-electron chi connectivity index (χ3n) is 7.86. The van der Waals surface area contributed by atoms with E-state index < -0.39 is 0 Å². The number of aliphatic hydroxyl groups is 1. The Balaban J connectivity index is 1.36. The Kier molecular flexibility index (Phi) is 11.2. The Hall–Kier alpha value is -3.32. The average molecular weight is 711 g/mol. The van der Waals surface area contributed by atoms with Crippen LogP contribution in [0.5, 0.6) is 17.2 Å². The second-order valence-electron chi connectivity index (χ2n) is 11.1. The van der Waals surface area contributed by atoms with Crippen molar-refractivity contribution in [2.75, 3.05) is 18.5 Å². The van der Waals surface area contributed by atoms with E-state index in [9.17, 15) is 10.4 Å². The van der Waals surface area contributed by atoms with Gasteiger partial charge in [0.05, 0.1) is 28.8 Å². The largest absolute Gasteiger partial charge is 0.492 e. The van der Waals surface area contributed by atoms with Crippen molar-refractivity contribution in [2.45, 2.75) is 51.5 Å². The summed E-state index contributed by atoms with van der Waals surface area (Å²) in [7, 11) is 0. The van der Waals surface area contributed by atoms with Crippen LogP contribution in [0.1, 0.15) is 47.1 Å². The lowest BCUT2D eigenvalue weighted by Crippen LogP contribution is -2.34. The molecular weight excluding hydrogens is 677 g/mol. The molecule has 1 saturated carbocycles. The molecule has 45 heavy (non-hydrogen) atoms. The van der Waals surface area contributed by atoms with Crippen LogP contribution in [0, 0.1) is 18.3 Å². The zero-order valence-electron chi connectivity index (χ0n) is 24.9. The van der Waals surface area contributed by atoms with E-state index in [2.05, 4.69) is 32.3 Å². The number of pyridine rings is 1. The third-order valence-corrected chi connectivity index (χ3v) is 9.11. The molecule has 1 heterocycles. The summed E-state index contributed by atoms with van der Waals surface area (Å²) in [6.07, 6.45) is 5.90. The Morgan fingerprint density at radius 2 is 1.73 bits per heavy atom. The Morgan fingerprint density at radius 3 is 2.49 bits per heavy atom. The van der Waals surface area contributed by atoms with Crippen molar-refractivity contribution < 1.29 is 19.3 Å². The number of nitriles is 1. The molecule has 10 heteroatoms. The maximum atomic E-state index is 9.78. The first-order valence-electron chi connectivity index (χ1n) is 14.7.